The fourth-order valence-corrected chi connectivity index (χ4v) is 3.10. The highest BCUT2D eigenvalue weighted by molar-refractivity contribution is 14.0. The fraction of sp³-hybridized carbons (Fsp3) is 0.737. The van der Waals surface area contributed by atoms with Gasteiger partial charge in [-0.2, -0.15) is 0 Å². The third kappa shape index (κ3) is 9.78. The van der Waals surface area contributed by atoms with Crippen LogP contribution in [0.25, 0.3) is 0 Å². The van der Waals surface area contributed by atoms with E-state index in [1.54, 1.807) is 13.4 Å². The van der Waals surface area contributed by atoms with Gasteiger partial charge in [-0.1, -0.05) is 12.8 Å². The second-order valence-corrected chi connectivity index (χ2v) is 6.76. The first-order valence-corrected chi connectivity index (χ1v) is 9.52. The molecule has 0 aromatic carbocycles. The van der Waals surface area contributed by atoms with E-state index >= 15 is 0 Å². The Labute approximate surface area is 175 Å². The quantitative estimate of drug-likeness (QED) is 0.222. The van der Waals surface area contributed by atoms with Gasteiger partial charge in [-0.05, 0) is 38.4 Å². The summed E-state index contributed by atoms with van der Waals surface area (Å²) in [5.41, 5.74) is 0. The van der Waals surface area contributed by atoms with Crippen LogP contribution in [0.15, 0.2) is 27.8 Å². The Kier molecular flexibility index (Phi) is 12.8. The Balaban J connectivity index is 0.00000338. The summed E-state index contributed by atoms with van der Waals surface area (Å²) in [5, 5.41) is 7.04. The number of nitrogens with zero attached hydrogens (tertiary/aromatic N) is 2. The van der Waals surface area contributed by atoms with Crippen molar-refractivity contribution in [2.45, 2.75) is 44.6 Å². The van der Waals surface area contributed by atoms with E-state index in [0.29, 0.717) is 6.04 Å². The van der Waals surface area contributed by atoms with Crippen LogP contribution in [-0.2, 0) is 11.2 Å². The summed E-state index contributed by atoms with van der Waals surface area (Å²) in [6, 6.07) is 4.51. The fourth-order valence-electron chi connectivity index (χ4n) is 3.10. The molecule has 6 nitrogen and oxygen atoms in total. The lowest BCUT2D eigenvalue weighted by Gasteiger charge is -2.19. The largest absolute Gasteiger partial charge is 0.469 e. The number of hydrogen-bond donors (Lipinski definition) is 2. The van der Waals surface area contributed by atoms with Gasteiger partial charge in [0.05, 0.1) is 12.8 Å². The van der Waals surface area contributed by atoms with Gasteiger partial charge in [-0.25, -0.2) is 0 Å². The van der Waals surface area contributed by atoms with Crippen molar-refractivity contribution in [3.63, 3.8) is 0 Å². The molecule has 26 heavy (non-hydrogen) atoms. The number of guanidine groups is 1. The van der Waals surface area contributed by atoms with Crippen molar-refractivity contribution < 1.29 is 9.15 Å². The lowest BCUT2D eigenvalue weighted by Crippen LogP contribution is -2.43. The molecule has 1 fully saturated rings. The molecule has 2 rings (SSSR count). The molecule has 1 aromatic rings. The van der Waals surface area contributed by atoms with E-state index in [1.807, 2.05) is 12.1 Å². The maximum Gasteiger partial charge on any atom is 0.191 e. The smallest absolute Gasteiger partial charge is 0.191 e. The van der Waals surface area contributed by atoms with Crippen LogP contribution in [0.5, 0.6) is 0 Å². The number of rotatable bonds is 11. The summed E-state index contributed by atoms with van der Waals surface area (Å²) < 4.78 is 10.5. The van der Waals surface area contributed by atoms with E-state index in [2.05, 4.69) is 22.6 Å². The molecule has 0 bridgehead atoms. The first-order chi connectivity index (χ1) is 12.3. The molecule has 0 aliphatic heterocycles. The molecule has 1 aromatic heterocycles. The van der Waals surface area contributed by atoms with Crippen LogP contribution < -0.4 is 10.6 Å². The number of likely N-dealkylation sites (N-methyl/N-ethyl adjacent to an activating group) is 1. The molecule has 7 heteroatoms. The summed E-state index contributed by atoms with van der Waals surface area (Å²) in [7, 11) is 3.89. The lowest BCUT2D eigenvalue weighted by molar-refractivity contribution is 0.180. The third-order valence-electron chi connectivity index (χ3n) is 4.58. The summed E-state index contributed by atoms with van der Waals surface area (Å²) in [6.45, 7) is 4.44. The van der Waals surface area contributed by atoms with Gasteiger partial charge in [0.15, 0.2) is 5.96 Å². The predicted molar refractivity (Wildman–Crippen MR) is 118 cm³/mol. The minimum atomic E-state index is 0. The van der Waals surface area contributed by atoms with Crippen molar-refractivity contribution in [3.8, 4) is 0 Å². The molecule has 1 aliphatic carbocycles. The zero-order valence-corrected chi connectivity index (χ0v) is 18.5. The number of hydrogen-bond acceptors (Lipinski definition) is 4. The van der Waals surface area contributed by atoms with Crippen molar-refractivity contribution in [3.05, 3.63) is 24.2 Å². The Bertz CT molecular complexity index is 476. The molecule has 150 valence electrons. The maximum absolute atomic E-state index is 5.39. The highest BCUT2D eigenvalue weighted by Crippen LogP contribution is 2.17. The summed E-state index contributed by atoms with van der Waals surface area (Å²) >= 11 is 0. The number of furan rings is 1. The predicted octanol–water partition coefficient (Wildman–Crippen LogP) is 2.89. The van der Waals surface area contributed by atoms with E-state index in [9.17, 15) is 0 Å². The highest BCUT2D eigenvalue weighted by atomic mass is 127. The zero-order valence-electron chi connectivity index (χ0n) is 16.2. The van der Waals surface area contributed by atoms with Crippen LogP contribution in [0.1, 0.15) is 37.9 Å². The van der Waals surface area contributed by atoms with Gasteiger partial charge in [0, 0.05) is 45.8 Å². The topological polar surface area (TPSA) is 62.0 Å². The second kappa shape index (κ2) is 14.3. The summed E-state index contributed by atoms with van der Waals surface area (Å²) in [4.78, 5) is 7.07. The molecule has 0 amide bonds. The molecule has 0 atom stereocenters. The van der Waals surface area contributed by atoms with Crippen LogP contribution in [0, 0.1) is 0 Å². The van der Waals surface area contributed by atoms with Crippen molar-refractivity contribution >= 4 is 29.9 Å². The van der Waals surface area contributed by atoms with Gasteiger partial charge in [0.1, 0.15) is 5.76 Å². The zero-order chi connectivity index (χ0) is 17.7. The Hall–Kier alpha value is -0.800. The van der Waals surface area contributed by atoms with Crippen LogP contribution in [0.4, 0.5) is 0 Å². The van der Waals surface area contributed by atoms with Gasteiger partial charge in [-0.15, -0.1) is 24.0 Å². The standard InChI is InChI=1S/C19H34N4O2.HI/c1-23(13-6-15-24-2)14-12-21-19(22-17-7-3-4-8-17)20-11-10-18-9-5-16-25-18;/h5,9,16-17H,3-4,6-8,10-15H2,1-2H3,(H2,20,21,22);1H. The first-order valence-electron chi connectivity index (χ1n) is 9.52. The van der Waals surface area contributed by atoms with Crippen molar-refractivity contribution in [2.75, 3.05) is 46.9 Å². The number of ether oxygens (including phenoxy) is 1. The van der Waals surface area contributed by atoms with Crippen LogP contribution in [0.3, 0.4) is 0 Å². The van der Waals surface area contributed by atoms with Gasteiger partial charge >= 0.3 is 0 Å². The molecular weight excluding hydrogens is 443 g/mol. The van der Waals surface area contributed by atoms with Gasteiger partial charge in [0.2, 0.25) is 0 Å². The molecule has 0 spiro atoms. The molecule has 0 unspecified atom stereocenters. The summed E-state index contributed by atoms with van der Waals surface area (Å²) in [5.74, 6) is 1.94. The molecule has 0 radical (unpaired) electrons. The van der Waals surface area contributed by atoms with Crippen molar-refractivity contribution in [1.29, 1.82) is 0 Å². The van der Waals surface area contributed by atoms with E-state index in [0.717, 1.165) is 57.3 Å². The van der Waals surface area contributed by atoms with Crippen molar-refractivity contribution in [1.82, 2.24) is 15.5 Å². The van der Waals surface area contributed by atoms with Crippen LogP contribution in [0.2, 0.25) is 0 Å². The molecular formula is C19H35IN4O2. The van der Waals surface area contributed by atoms with E-state index in [4.69, 9.17) is 14.1 Å². The number of nitrogens with one attached hydrogen (secondary N) is 2. The number of halogens is 1. The lowest BCUT2D eigenvalue weighted by atomic mass is 10.2. The third-order valence-corrected chi connectivity index (χ3v) is 4.58. The normalized spacial score (nSPS) is 15.3. The Morgan fingerprint density at radius 2 is 2.15 bits per heavy atom. The first kappa shape index (κ1) is 23.2. The maximum atomic E-state index is 5.39. The van der Waals surface area contributed by atoms with Gasteiger partial charge < -0.3 is 24.7 Å². The SMILES string of the molecule is COCCCN(C)CCN=C(NCCc1ccco1)NC1CCCC1.I. The molecule has 1 aliphatic rings. The molecule has 2 N–H and O–H groups in total. The average molecular weight is 478 g/mol. The van der Waals surface area contributed by atoms with Gasteiger partial charge in [0.25, 0.3) is 0 Å². The van der Waals surface area contributed by atoms with Crippen LogP contribution in [-0.4, -0.2) is 63.8 Å². The Morgan fingerprint density at radius 1 is 1.35 bits per heavy atom. The average Bonchev–Trinajstić information content (AvgIpc) is 3.29. The second-order valence-electron chi connectivity index (χ2n) is 6.76. The Morgan fingerprint density at radius 3 is 2.85 bits per heavy atom. The van der Waals surface area contributed by atoms with E-state index < -0.39 is 0 Å². The summed E-state index contributed by atoms with van der Waals surface area (Å²) in [6.07, 6.45) is 8.78. The highest BCUT2D eigenvalue weighted by Gasteiger charge is 2.16. The van der Waals surface area contributed by atoms with Gasteiger partial charge in [-0.3, -0.25) is 4.99 Å². The molecule has 1 heterocycles. The number of methoxy groups -OCH3 is 1. The van der Waals surface area contributed by atoms with Crippen molar-refractivity contribution in [2.24, 2.45) is 4.99 Å². The monoisotopic (exact) mass is 478 g/mol. The minimum Gasteiger partial charge on any atom is -0.469 e. The number of aliphatic imine (C=N–C) groups is 1. The van der Waals surface area contributed by atoms with E-state index in [1.165, 1.54) is 25.7 Å². The molecule has 0 saturated heterocycles. The molecule has 1 saturated carbocycles. The minimum absolute atomic E-state index is 0. The van der Waals surface area contributed by atoms with E-state index in [-0.39, 0.29) is 24.0 Å². The van der Waals surface area contributed by atoms with Crippen LogP contribution >= 0.6 is 24.0 Å².